The number of carbonyl (C=O) groups excluding carboxylic acids is 3. The molecule has 0 aliphatic carbocycles. The molecule has 0 radical (unpaired) electrons. The summed E-state index contributed by atoms with van der Waals surface area (Å²) in [6, 6.07) is 7.27. The molecule has 2 aliphatic heterocycles. The van der Waals surface area contributed by atoms with Crippen LogP contribution in [0.3, 0.4) is 0 Å². The lowest BCUT2D eigenvalue weighted by atomic mass is 9.91. The van der Waals surface area contributed by atoms with Crippen LogP contribution >= 0.6 is 0 Å². The van der Waals surface area contributed by atoms with E-state index in [-0.39, 0.29) is 23.8 Å². The molecule has 7 heteroatoms. The maximum absolute atomic E-state index is 13.2. The average molecular weight is 458 g/mol. The number of piperidine rings is 2. The van der Waals surface area contributed by atoms with E-state index in [4.69, 9.17) is 4.74 Å². The van der Waals surface area contributed by atoms with Gasteiger partial charge in [-0.1, -0.05) is 26.0 Å². The highest BCUT2D eigenvalue weighted by Gasteiger charge is 2.29. The van der Waals surface area contributed by atoms with Crippen molar-refractivity contribution in [3.63, 3.8) is 0 Å². The summed E-state index contributed by atoms with van der Waals surface area (Å²) in [7, 11) is 0. The summed E-state index contributed by atoms with van der Waals surface area (Å²) in [4.78, 5) is 41.9. The molecule has 2 atom stereocenters. The van der Waals surface area contributed by atoms with Crippen molar-refractivity contribution in [1.29, 1.82) is 0 Å². The van der Waals surface area contributed by atoms with Gasteiger partial charge in [-0.3, -0.25) is 9.59 Å². The van der Waals surface area contributed by atoms with Gasteiger partial charge in [-0.15, -0.1) is 0 Å². The van der Waals surface area contributed by atoms with Crippen molar-refractivity contribution < 1.29 is 19.1 Å². The second-order valence-corrected chi connectivity index (χ2v) is 10.9. The Kier molecular flexibility index (Phi) is 8.03. The van der Waals surface area contributed by atoms with Crippen molar-refractivity contribution in [3.8, 4) is 0 Å². The molecule has 3 amide bonds. The number of nitrogens with zero attached hydrogens (tertiary/aromatic N) is 2. The molecule has 2 fully saturated rings. The van der Waals surface area contributed by atoms with Gasteiger partial charge in [0.1, 0.15) is 5.60 Å². The first-order valence-electron chi connectivity index (χ1n) is 12.2. The van der Waals surface area contributed by atoms with Crippen LogP contribution in [-0.4, -0.2) is 59.5 Å². The zero-order chi connectivity index (χ0) is 24.2. The van der Waals surface area contributed by atoms with Crippen LogP contribution in [0.2, 0.25) is 0 Å². The molecule has 33 heavy (non-hydrogen) atoms. The highest BCUT2D eigenvalue weighted by atomic mass is 16.6. The molecule has 2 saturated heterocycles. The summed E-state index contributed by atoms with van der Waals surface area (Å²) in [6.45, 7) is 12.6. The molecule has 0 saturated carbocycles. The number of para-hydroxylation sites is 1. The van der Waals surface area contributed by atoms with E-state index in [1.807, 2.05) is 37.8 Å². The number of rotatable bonds is 4. The fraction of sp³-hybridized carbons (Fsp3) is 0.654. The van der Waals surface area contributed by atoms with E-state index in [0.29, 0.717) is 42.6 Å². The first kappa shape index (κ1) is 25.1. The number of hydrogen-bond donors (Lipinski definition) is 1. The summed E-state index contributed by atoms with van der Waals surface area (Å²) in [5.41, 5.74) is 0.611. The molecule has 1 aromatic carbocycles. The lowest BCUT2D eigenvalue weighted by molar-refractivity contribution is -0.117. The molecular formula is C26H39N3O4. The minimum absolute atomic E-state index is 0.0185. The van der Waals surface area contributed by atoms with Crippen molar-refractivity contribution in [1.82, 2.24) is 9.80 Å². The van der Waals surface area contributed by atoms with Crippen molar-refractivity contribution in [2.45, 2.75) is 65.9 Å². The summed E-state index contributed by atoms with van der Waals surface area (Å²) >= 11 is 0. The van der Waals surface area contributed by atoms with E-state index in [2.05, 4.69) is 19.2 Å². The molecule has 1 aromatic rings. The molecule has 0 bridgehead atoms. The number of amides is 3. The Morgan fingerprint density at radius 2 is 1.61 bits per heavy atom. The third-order valence-electron chi connectivity index (χ3n) is 6.33. The fourth-order valence-corrected chi connectivity index (χ4v) is 4.89. The standard InChI is InChI=1S/C26H39N3O4/c1-18-14-19(2)17-29(16-18)24(31)21-8-6-7-9-22(21)27-23(30)15-20-10-12-28(13-11-20)25(32)33-26(3,4)5/h6-9,18-20H,10-17H2,1-5H3,(H,27,30). The van der Waals surface area contributed by atoms with Crippen LogP contribution in [0.5, 0.6) is 0 Å². The van der Waals surface area contributed by atoms with Gasteiger partial charge in [-0.2, -0.15) is 0 Å². The molecule has 1 N–H and O–H groups in total. The van der Waals surface area contributed by atoms with Crippen LogP contribution < -0.4 is 5.32 Å². The van der Waals surface area contributed by atoms with E-state index in [1.54, 1.807) is 17.0 Å². The van der Waals surface area contributed by atoms with E-state index in [1.165, 1.54) is 0 Å². The summed E-state index contributed by atoms with van der Waals surface area (Å²) in [5, 5.41) is 2.97. The summed E-state index contributed by atoms with van der Waals surface area (Å²) in [6.07, 6.45) is 2.74. The van der Waals surface area contributed by atoms with Crippen LogP contribution in [0.15, 0.2) is 24.3 Å². The maximum Gasteiger partial charge on any atom is 0.410 e. The van der Waals surface area contributed by atoms with Crippen molar-refractivity contribution in [2.24, 2.45) is 17.8 Å². The van der Waals surface area contributed by atoms with E-state index in [0.717, 1.165) is 32.4 Å². The zero-order valence-electron chi connectivity index (χ0n) is 20.7. The number of ether oxygens (including phenoxy) is 1. The predicted octanol–water partition coefficient (Wildman–Crippen LogP) is 4.78. The van der Waals surface area contributed by atoms with Crippen molar-refractivity contribution >= 4 is 23.6 Å². The van der Waals surface area contributed by atoms with E-state index >= 15 is 0 Å². The van der Waals surface area contributed by atoms with Gasteiger partial charge < -0.3 is 19.9 Å². The third-order valence-corrected chi connectivity index (χ3v) is 6.33. The molecule has 0 aromatic heterocycles. The van der Waals surface area contributed by atoms with Crippen LogP contribution in [-0.2, 0) is 9.53 Å². The Labute approximate surface area is 197 Å². The first-order valence-corrected chi connectivity index (χ1v) is 12.2. The minimum Gasteiger partial charge on any atom is -0.444 e. The smallest absolute Gasteiger partial charge is 0.410 e. The Hall–Kier alpha value is -2.57. The molecule has 7 nitrogen and oxygen atoms in total. The topological polar surface area (TPSA) is 79.0 Å². The Balaban J connectivity index is 1.54. The van der Waals surface area contributed by atoms with Gasteiger partial charge >= 0.3 is 6.09 Å². The quantitative estimate of drug-likeness (QED) is 0.706. The average Bonchev–Trinajstić information content (AvgIpc) is 2.72. The first-order chi connectivity index (χ1) is 15.5. The second-order valence-electron chi connectivity index (χ2n) is 10.9. The lowest BCUT2D eigenvalue weighted by Gasteiger charge is -2.35. The minimum atomic E-state index is -0.511. The summed E-state index contributed by atoms with van der Waals surface area (Å²) in [5.74, 6) is 1.05. The molecule has 2 unspecified atom stereocenters. The number of carbonyl (C=O) groups is 3. The molecular weight excluding hydrogens is 418 g/mol. The lowest BCUT2D eigenvalue weighted by Crippen LogP contribution is -2.43. The zero-order valence-corrected chi connectivity index (χ0v) is 20.7. The van der Waals surface area contributed by atoms with Gasteiger partial charge in [0.25, 0.3) is 5.91 Å². The number of likely N-dealkylation sites (tertiary alicyclic amines) is 2. The fourth-order valence-electron chi connectivity index (χ4n) is 4.89. The molecule has 2 heterocycles. The van der Waals surface area contributed by atoms with Crippen LogP contribution in [0, 0.1) is 17.8 Å². The monoisotopic (exact) mass is 457 g/mol. The van der Waals surface area contributed by atoms with Gasteiger partial charge in [-0.05, 0) is 69.9 Å². The van der Waals surface area contributed by atoms with Gasteiger partial charge in [0.15, 0.2) is 0 Å². The molecule has 2 aliphatic rings. The van der Waals surface area contributed by atoms with Gasteiger partial charge in [0.2, 0.25) is 5.91 Å². The van der Waals surface area contributed by atoms with Gasteiger partial charge in [0.05, 0.1) is 11.3 Å². The molecule has 3 rings (SSSR count). The molecule has 0 spiro atoms. The van der Waals surface area contributed by atoms with Crippen molar-refractivity contribution in [3.05, 3.63) is 29.8 Å². The second kappa shape index (κ2) is 10.6. The van der Waals surface area contributed by atoms with Crippen LogP contribution in [0.25, 0.3) is 0 Å². The number of benzene rings is 1. The largest absolute Gasteiger partial charge is 0.444 e. The SMILES string of the molecule is CC1CC(C)CN(C(=O)c2ccccc2NC(=O)CC2CCN(C(=O)OC(C)(C)C)CC2)C1. The van der Waals surface area contributed by atoms with E-state index < -0.39 is 5.60 Å². The predicted molar refractivity (Wildman–Crippen MR) is 129 cm³/mol. The number of anilines is 1. The Morgan fingerprint density at radius 3 is 2.21 bits per heavy atom. The summed E-state index contributed by atoms with van der Waals surface area (Å²) < 4.78 is 5.44. The normalized spacial score (nSPS) is 22.1. The molecule has 182 valence electrons. The van der Waals surface area contributed by atoms with Crippen molar-refractivity contribution in [2.75, 3.05) is 31.5 Å². The van der Waals surface area contributed by atoms with Gasteiger partial charge in [-0.25, -0.2) is 4.79 Å². The number of nitrogens with one attached hydrogen (secondary N) is 1. The number of hydrogen-bond acceptors (Lipinski definition) is 4. The Bertz CT molecular complexity index is 845. The third kappa shape index (κ3) is 7.21. The van der Waals surface area contributed by atoms with Crippen LogP contribution in [0.4, 0.5) is 10.5 Å². The highest BCUT2D eigenvalue weighted by Crippen LogP contribution is 2.26. The van der Waals surface area contributed by atoms with Crippen LogP contribution in [0.1, 0.15) is 70.7 Å². The maximum atomic E-state index is 13.2. The highest BCUT2D eigenvalue weighted by molar-refractivity contribution is 6.03. The van der Waals surface area contributed by atoms with E-state index in [9.17, 15) is 14.4 Å². The van der Waals surface area contributed by atoms with Gasteiger partial charge in [0, 0.05) is 32.6 Å². The Morgan fingerprint density at radius 1 is 1.00 bits per heavy atom.